The van der Waals surface area contributed by atoms with Gasteiger partial charge in [0.1, 0.15) is 0 Å². The summed E-state index contributed by atoms with van der Waals surface area (Å²) in [5, 5.41) is 0. The van der Waals surface area contributed by atoms with Crippen LogP contribution in [0.2, 0.25) is 0 Å². The number of piperidine rings is 1. The Kier molecular flexibility index (Phi) is 6.37. The fraction of sp³-hybridized carbons (Fsp3) is 0.737. The molecule has 25 heavy (non-hydrogen) atoms. The fourth-order valence-electron chi connectivity index (χ4n) is 3.74. The smallest absolute Gasteiger partial charge is 0.228 e. The molecule has 0 saturated carbocycles. The van der Waals surface area contributed by atoms with Crippen molar-refractivity contribution < 1.29 is 9.53 Å². The molecule has 0 aliphatic carbocycles. The fourth-order valence-corrected chi connectivity index (χ4v) is 3.74. The third kappa shape index (κ3) is 5.22. The lowest BCUT2D eigenvalue weighted by molar-refractivity contribution is -0.141. The van der Waals surface area contributed by atoms with Gasteiger partial charge in [-0.15, -0.1) is 0 Å². The zero-order valence-corrected chi connectivity index (χ0v) is 15.5. The standard InChI is InChI=1S/C19H30N4O2/c1-22(2)13-18-12-20-17(11-21-18)10-15-5-7-23(8-6-15)19(24)16-4-3-9-25-14-16/h11-12,15-16H,3-10,13-14H2,1-2H3/t16-/m1/s1. The summed E-state index contributed by atoms with van der Waals surface area (Å²) < 4.78 is 5.46. The maximum Gasteiger partial charge on any atom is 0.228 e. The molecule has 0 aromatic carbocycles. The van der Waals surface area contributed by atoms with Gasteiger partial charge in [0, 0.05) is 32.4 Å². The molecule has 3 rings (SSSR count). The number of carbonyl (C=O) groups is 1. The van der Waals surface area contributed by atoms with E-state index in [4.69, 9.17) is 4.74 Å². The molecule has 1 aromatic heterocycles. The van der Waals surface area contributed by atoms with Crippen LogP contribution in [0, 0.1) is 11.8 Å². The van der Waals surface area contributed by atoms with Crippen LogP contribution in [0.5, 0.6) is 0 Å². The van der Waals surface area contributed by atoms with Crippen LogP contribution in [0.4, 0.5) is 0 Å². The van der Waals surface area contributed by atoms with Gasteiger partial charge in [0.2, 0.25) is 5.91 Å². The minimum Gasteiger partial charge on any atom is -0.381 e. The zero-order chi connectivity index (χ0) is 17.6. The summed E-state index contributed by atoms with van der Waals surface area (Å²) in [5.74, 6) is 0.979. The molecule has 2 aliphatic heterocycles. The Balaban J connectivity index is 1.45. The quantitative estimate of drug-likeness (QED) is 0.813. The molecule has 2 aliphatic rings. The highest BCUT2D eigenvalue weighted by Crippen LogP contribution is 2.24. The summed E-state index contributed by atoms with van der Waals surface area (Å²) in [7, 11) is 4.06. The lowest BCUT2D eigenvalue weighted by Gasteiger charge is -2.35. The second-order valence-electron chi connectivity index (χ2n) is 7.62. The number of likely N-dealkylation sites (tertiary alicyclic amines) is 1. The molecule has 1 amide bonds. The summed E-state index contributed by atoms with van der Waals surface area (Å²) in [6.07, 6.45) is 8.86. The number of rotatable bonds is 5. The Morgan fingerprint density at radius 2 is 1.92 bits per heavy atom. The average Bonchev–Trinajstić information content (AvgIpc) is 2.64. The van der Waals surface area contributed by atoms with Crippen LogP contribution in [0.1, 0.15) is 37.1 Å². The maximum atomic E-state index is 12.6. The van der Waals surface area contributed by atoms with Gasteiger partial charge < -0.3 is 14.5 Å². The molecule has 0 radical (unpaired) electrons. The van der Waals surface area contributed by atoms with E-state index in [0.717, 1.165) is 69.7 Å². The van der Waals surface area contributed by atoms with Crippen LogP contribution >= 0.6 is 0 Å². The molecule has 0 unspecified atom stereocenters. The van der Waals surface area contributed by atoms with Crippen molar-refractivity contribution >= 4 is 5.91 Å². The van der Waals surface area contributed by atoms with Gasteiger partial charge in [-0.05, 0) is 52.1 Å². The highest BCUT2D eigenvalue weighted by molar-refractivity contribution is 5.79. The molecular weight excluding hydrogens is 316 g/mol. The van der Waals surface area contributed by atoms with Gasteiger partial charge >= 0.3 is 0 Å². The predicted molar refractivity (Wildman–Crippen MR) is 96.0 cm³/mol. The van der Waals surface area contributed by atoms with Gasteiger partial charge in [0.25, 0.3) is 0 Å². The van der Waals surface area contributed by atoms with Gasteiger partial charge in [-0.1, -0.05) is 0 Å². The van der Waals surface area contributed by atoms with Crippen molar-refractivity contribution in [1.29, 1.82) is 0 Å². The molecule has 3 heterocycles. The first-order valence-corrected chi connectivity index (χ1v) is 9.43. The van der Waals surface area contributed by atoms with E-state index in [-0.39, 0.29) is 5.92 Å². The third-order valence-corrected chi connectivity index (χ3v) is 5.17. The maximum absolute atomic E-state index is 12.6. The number of hydrogen-bond acceptors (Lipinski definition) is 5. The zero-order valence-electron chi connectivity index (χ0n) is 15.5. The lowest BCUT2D eigenvalue weighted by atomic mass is 9.91. The largest absolute Gasteiger partial charge is 0.381 e. The van der Waals surface area contributed by atoms with Crippen LogP contribution in [-0.4, -0.2) is 66.1 Å². The number of nitrogens with zero attached hydrogens (tertiary/aromatic N) is 4. The Morgan fingerprint density at radius 3 is 2.52 bits per heavy atom. The number of ether oxygens (including phenoxy) is 1. The molecule has 138 valence electrons. The molecule has 2 saturated heterocycles. The molecule has 0 spiro atoms. The van der Waals surface area contributed by atoms with Crippen molar-refractivity contribution in [3.05, 3.63) is 23.8 Å². The van der Waals surface area contributed by atoms with Crippen LogP contribution in [0.25, 0.3) is 0 Å². The Hall–Kier alpha value is -1.53. The van der Waals surface area contributed by atoms with Crippen LogP contribution < -0.4 is 0 Å². The van der Waals surface area contributed by atoms with Crippen molar-refractivity contribution in [2.45, 2.75) is 38.6 Å². The van der Waals surface area contributed by atoms with Crippen LogP contribution in [0.3, 0.4) is 0 Å². The van der Waals surface area contributed by atoms with Gasteiger partial charge in [0.05, 0.1) is 30.1 Å². The molecule has 2 fully saturated rings. The predicted octanol–water partition coefficient (Wildman–Crippen LogP) is 1.75. The van der Waals surface area contributed by atoms with E-state index in [1.165, 1.54) is 0 Å². The summed E-state index contributed by atoms with van der Waals surface area (Å²) in [6.45, 7) is 3.96. The van der Waals surface area contributed by atoms with E-state index >= 15 is 0 Å². The van der Waals surface area contributed by atoms with Crippen molar-refractivity contribution in [3.8, 4) is 0 Å². The van der Waals surface area contributed by atoms with Gasteiger partial charge in [0.15, 0.2) is 0 Å². The Labute approximate surface area is 150 Å². The van der Waals surface area contributed by atoms with Gasteiger partial charge in [-0.25, -0.2) is 0 Å². The molecular formula is C19H30N4O2. The molecule has 1 atom stereocenters. The SMILES string of the molecule is CN(C)Cc1cnc(CC2CCN(C(=O)[C@@H]3CCCOC3)CC2)cn1. The van der Waals surface area contributed by atoms with Crippen molar-refractivity contribution in [2.75, 3.05) is 40.4 Å². The third-order valence-electron chi connectivity index (χ3n) is 5.17. The first-order chi connectivity index (χ1) is 12.1. The minimum atomic E-state index is 0.0837. The molecule has 6 heteroatoms. The van der Waals surface area contributed by atoms with E-state index in [1.807, 2.05) is 31.4 Å². The second-order valence-corrected chi connectivity index (χ2v) is 7.62. The molecule has 0 N–H and O–H groups in total. The monoisotopic (exact) mass is 346 g/mol. The van der Waals surface area contributed by atoms with Crippen LogP contribution in [0.15, 0.2) is 12.4 Å². The molecule has 1 aromatic rings. The first kappa shape index (κ1) is 18.3. The Bertz CT molecular complexity index is 547. The van der Waals surface area contributed by atoms with E-state index in [2.05, 4.69) is 14.9 Å². The van der Waals surface area contributed by atoms with Gasteiger partial charge in [-0.2, -0.15) is 0 Å². The highest BCUT2D eigenvalue weighted by atomic mass is 16.5. The van der Waals surface area contributed by atoms with Crippen molar-refractivity contribution in [2.24, 2.45) is 11.8 Å². The van der Waals surface area contributed by atoms with Crippen LogP contribution in [-0.2, 0) is 22.5 Å². The van der Waals surface area contributed by atoms with Crippen molar-refractivity contribution in [3.63, 3.8) is 0 Å². The molecule has 0 bridgehead atoms. The number of carbonyl (C=O) groups excluding carboxylic acids is 1. The topological polar surface area (TPSA) is 58.6 Å². The Morgan fingerprint density at radius 1 is 1.20 bits per heavy atom. The van der Waals surface area contributed by atoms with E-state index in [0.29, 0.717) is 18.4 Å². The van der Waals surface area contributed by atoms with E-state index < -0.39 is 0 Å². The lowest BCUT2D eigenvalue weighted by Crippen LogP contribution is -2.44. The second kappa shape index (κ2) is 8.72. The van der Waals surface area contributed by atoms with E-state index in [9.17, 15) is 4.79 Å². The average molecular weight is 346 g/mol. The normalized spacial score (nSPS) is 22.4. The summed E-state index contributed by atoms with van der Waals surface area (Å²) in [4.78, 5) is 25.8. The molecule has 6 nitrogen and oxygen atoms in total. The number of hydrogen-bond donors (Lipinski definition) is 0. The van der Waals surface area contributed by atoms with Crippen molar-refractivity contribution in [1.82, 2.24) is 19.8 Å². The summed E-state index contributed by atoms with van der Waals surface area (Å²) in [5.41, 5.74) is 2.07. The van der Waals surface area contributed by atoms with Gasteiger partial charge in [-0.3, -0.25) is 14.8 Å². The number of aromatic nitrogens is 2. The first-order valence-electron chi connectivity index (χ1n) is 9.43. The van der Waals surface area contributed by atoms with E-state index in [1.54, 1.807) is 0 Å². The highest BCUT2D eigenvalue weighted by Gasteiger charge is 2.29. The summed E-state index contributed by atoms with van der Waals surface area (Å²) >= 11 is 0. The minimum absolute atomic E-state index is 0.0837. The summed E-state index contributed by atoms with van der Waals surface area (Å²) in [6, 6.07) is 0. The number of amides is 1.